The fourth-order valence-electron chi connectivity index (χ4n) is 3.68. The SMILES string of the molecule is Clc1ccc2[nH]cc(CCn3c(-c4ccccc4)csc3=Nc3ccccc3)c2c1. The highest BCUT2D eigenvalue weighted by Crippen LogP contribution is 2.25. The summed E-state index contributed by atoms with van der Waals surface area (Å²) >= 11 is 7.91. The molecule has 1 N–H and O–H groups in total. The van der Waals surface area contributed by atoms with Crippen molar-refractivity contribution < 1.29 is 0 Å². The number of hydrogen-bond acceptors (Lipinski definition) is 2. The first-order valence-electron chi connectivity index (χ1n) is 9.87. The van der Waals surface area contributed by atoms with Gasteiger partial charge in [0.1, 0.15) is 0 Å². The van der Waals surface area contributed by atoms with Crippen LogP contribution in [0, 0.1) is 0 Å². The van der Waals surface area contributed by atoms with Crippen LogP contribution in [0.25, 0.3) is 22.2 Å². The Hall–Kier alpha value is -3.08. The Morgan fingerprint density at radius 1 is 0.933 bits per heavy atom. The summed E-state index contributed by atoms with van der Waals surface area (Å²) in [5, 5.41) is 4.14. The third kappa shape index (κ3) is 3.84. The van der Waals surface area contributed by atoms with Crippen LogP contribution in [0.5, 0.6) is 0 Å². The minimum atomic E-state index is 0.760. The molecular weight excluding hydrogens is 410 g/mol. The minimum absolute atomic E-state index is 0.760. The average molecular weight is 430 g/mol. The van der Waals surface area contributed by atoms with Gasteiger partial charge in [-0.05, 0) is 47.9 Å². The van der Waals surface area contributed by atoms with Crippen molar-refractivity contribution in [1.29, 1.82) is 0 Å². The van der Waals surface area contributed by atoms with Crippen LogP contribution in [0.2, 0.25) is 5.02 Å². The molecule has 5 aromatic rings. The molecule has 5 heteroatoms. The second kappa shape index (κ2) is 8.34. The fraction of sp³-hybridized carbons (Fsp3) is 0.0800. The first kappa shape index (κ1) is 18.9. The predicted octanol–water partition coefficient (Wildman–Crippen LogP) is 6.83. The maximum atomic E-state index is 6.24. The lowest BCUT2D eigenvalue weighted by molar-refractivity contribution is 0.686. The third-order valence-electron chi connectivity index (χ3n) is 5.18. The molecule has 0 radical (unpaired) electrons. The number of rotatable bonds is 5. The molecule has 0 unspecified atom stereocenters. The first-order chi connectivity index (χ1) is 14.8. The number of thiazole rings is 1. The van der Waals surface area contributed by atoms with Crippen LogP contribution in [-0.2, 0) is 13.0 Å². The number of nitrogens with zero attached hydrogens (tertiary/aromatic N) is 2. The van der Waals surface area contributed by atoms with Crippen molar-refractivity contribution in [2.45, 2.75) is 13.0 Å². The summed E-state index contributed by atoms with van der Waals surface area (Å²) in [7, 11) is 0. The van der Waals surface area contributed by atoms with Gasteiger partial charge in [0.25, 0.3) is 0 Å². The Balaban J connectivity index is 1.56. The number of aromatic amines is 1. The third-order valence-corrected chi connectivity index (χ3v) is 6.28. The molecule has 0 aliphatic rings. The van der Waals surface area contributed by atoms with Crippen LogP contribution in [-0.4, -0.2) is 9.55 Å². The molecule has 0 amide bonds. The van der Waals surface area contributed by atoms with Gasteiger partial charge >= 0.3 is 0 Å². The van der Waals surface area contributed by atoms with Gasteiger partial charge < -0.3 is 9.55 Å². The fourth-order valence-corrected chi connectivity index (χ4v) is 4.80. The van der Waals surface area contributed by atoms with E-state index in [1.165, 1.54) is 22.2 Å². The quantitative estimate of drug-likeness (QED) is 0.317. The molecule has 0 aliphatic heterocycles. The lowest BCUT2D eigenvalue weighted by Gasteiger charge is -2.09. The van der Waals surface area contributed by atoms with Gasteiger partial charge in [0.15, 0.2) is 4.80 Å². The highest BCUT2D eigenvalue weighted by Gasteiger charge is 2.10. The van der Waals surface area contributed by atoms with E-state index < -0.39 is 0 Å². The second-order valence-corrected chi connectivity index (χ2v) is 8.40. The molecule has 2 heterocycles. The molecule has 0 atom stereocenters. The molecule has 0 bridgehead atoms. The smallest absolute Gasteiger partial charge is 0.190 e. The normalized spacial score (nSPS) is 12.0. The summed E-state index contributed by atoms with van der Waals surface area (Å²) in [6.07, 6.45) is 2.98. The van der Waals surface area contributed by atoms with Crippen LogP contribution >= 0.6 is 22.9 Å². The molecule has 0 saturated heterocycles. The number of halogens is 1. The van der Waals surface area contributed by atoms with Gasteiger partial charge in [0.2, 0.25) is 0 Å². The van der Waals surface area contributed by atoms with Crippen LogP contribution in [0.15, 0.2) is 95.4 Å². The van der Waals surface area contributed by atoms with Gasteiger partial charge in [-0.25, -0.2) is 4.99 Å². The highest BCUT2D eigenvalue weighted by atomic mass is 35.5. The van der Waals surface area contributed by atoms with E-state index in [0.29, 0.717) is 0 Å². The maximum absolute atomic E-state index is 6.24. The van der Waals surface area contributed by atoms with Crippen molar-refractivity contribution in [1.82, 2.24) is 9.55 Å². The zero-order valence-corrected chi connectivity index (χ0v) is 17.8. The lowest BCUT2D eigenvalue weighted by atomic mass is 10.1. The molecule has 0 saturated carbocycles. The van der Waals surface area contributed by atoms with Crippen molar-refractivity contribution in [3.8, 4) is 11.3 Å². The Kier molecular flexibility index (Phi) is 5.26. The van der Waals surface area contributed by atoms with Crippen LogP contribution in [0.1, 0.15) is 5.56 Å². The van der Waals surface area contributed by atoms with E-state index in [1.54, 1.807) is 11.3 Å². The monoisotopic (exact) mass is 429 g/mol. The largest absolute Gasteiger partial charge is 0.361 e. The van der Waals surface area contributed by atoms with Crippen molar-refractivity contribution in [3.63, 3.8) is 0 Å². The number of aryl methyl sites for hydroxylation is 1. The summed E-state index contributed by atoms with van der Waals surface area (Å²) in [4.78, 5) is 9.27. The number of fused-ring (bicyclic) bond motifs is 1. The Morgan fingerprint density at radius 3 is 2.50 bits per heavy atom. The predicted molar refractivity (Wildman–Crippen MR) is 126 cm³/mol. The summed E-state index contributed by atoms with van der Waals surface area (Å²) < 4.78 is 2.32. The van der Waals surface area contributed by atoms with Gasteiger partial charge in [-0.3, -0.25) is 0 Å². The van der Waals surface area contributed by atoms with Crippen molar-refractivity contribution >= 4 is 39.5 Å². The number of para-hydroxylation sites is 1. The van der Waals surface area contributed by atoms with E-state index in [0.717, 1.165) is 34.0 Å². The molecule has 0 fully saturated rings. The van der Waals surface area contributed by atoms with Gasteiger partial charge in [0, 0.05) is 34.0 Å². The summed E-state index contributed by atoms with van der Waals surface area (Å²) in [5.74, 6) is 0. The van der Waals surface area contributed by atoms with Crippen molar-refractivity contribution in [3.05, 3.63) is 106 Å². The van der Waals surface area contributed by atoms with Crippen LogP contribution in [0.4, 0.5) is 5.69 Å². The lowest BCUT2D eigenvalue weighted by Crippen LogP contribution is -2.17. The highest BCUT2D eigenvalue weighted by molar-refractivity contribution is 7.07. The van der Waals surface area contributed by atoms with E-state index in [1.807, 2.05) is 54.6 Å². The summed E-state index contributed by atoms with van der Waals surface area (Å²) in [5.41, 5.74) is 5.73. The number of hydrogen-bond donors (Lipinski definition) is 1. The van der Waals surface area contributed by atoms with E-state index in [-0.39, 0.29) is 0 Å². The standard InChI is InChI=1S/C25H20ClN3S/c26-20-11-12-23-22(15-20)19(16-27-23)13-14-29-24(18-7-3-1-4-8-18)17-30-25(29)28-21-9-5-2-6-10-21/h1-12,15-17,27H,13-14H2. The molecule has 3 aromatic carbocycles. The first-order valence-corrected chi connectivity index (χ1v) is 11.1. The number of benzene rings is 3. The average Bonchev–Trinajstić information content (AvgIpc) is 3.37. The van der Waals surface area contributed by atoms with Gasteiger partial charge in [0.05, 0.1) is 11.4 Å². The molecule has 0 aliphatic carbocycles. The number of H-pyrrole nitrogens is 1. The Morgan fingerprint density at radius 2 is 1.70 bits per heavy atom. The summed E-state index contributed by atoms with van der Waals surface area (Å²) in [6.45, 7) is 0.832. The second-order valence-electron chi connectivity index (χ2n) is 7.12. The van der Waals surface area contributed by atoms with Gasteiger partial charge in [-0.1, -0.05) is 60.1 Å². The summed E-state index contributed by atoms with van der Waals surface area (Å²) in [6, 6.07) is 26.6. The Bertz CT molecular complexity index is 1350. The van der Waals surface area contributed by atoms with Gasteiger partial charge in [-0.15, -0.1) is 11.3 Å². The maximum Gasteiger partial charge on any atom is 0.190 e. The molecule has 148 valence electrons. The van der Waals surface area contributed by atoms with Crippen molar-refractivity contribution in [2.75, 3.05) is 0 Å². The molecule has 30 heavy (non-hydrogen) atoms. The molecule has 2 aromatic heterocycles. The molecule has 5 rings (SSSR count). The molecule has 0 spiro atoms. The van der Waals surface area contributed by atoms with Crippen molar-refractivity contribution in [2.24, 2.45) is 4.99 Å². The van der Waals surface area contributed by atoms with Crippen LogP contribution in [0.3, 0.4) is 0 Å². The van der Waals surface area contributed by atoms with Gasteiger partial charge in [-0.2, -0.15) is 0 Å². The Labute approximate surface area is 183 Å². The zero-order valence-electron chi connectivity index (χ0n) is 16.3. The molecule has 3 nitrogen and oxygen atoms in total. The van der Waals surface area contributed by atoms with Crippen LogP contribution < -0.4 is 4.80 Å². The molecular formula is C25H20ClN3S. The topological polar surface area (TPSA) is 33.1 Å². The number of aromatic nitrogens is 2. The minimum Gasteiger partial charge on any atom is -0.361 e. The van der Waals surface area contributed by atoms with E-state index in [2.05, 4.69) is 45.4 Å². The van der Waals surface area contributed by atoms with E-state index in [4.69, 9.17) is 16.6 Å². The van der Waals surface area contributed by atoms with E-state index in [9.17, 15) is 0 Å². The zero-order chi connectivity index (χ0) is 20.3. The van der Waals surface area contributed by atoms with E-state index >= 15 is 0 Å². The number of nitrogens with one attached hydrogen (secondary N) is 1.